The standard InChI is InChI=1S/C18H15Cl3N4O2/c1-10-16(11-3-5-12(19)6-4-11)25(15-8-7-13(20)9-14(15)21)23-17(10)22-18(26)24-27-2/h3-9H,1-2H3,(H2,22,23,24,26). The minimum atomic E-state index is -0.546. The number of amides is 2. The number of rotatable bonds is 4. The number of nitrogens with one attached hydrogen (secondary N) is 2. The Morgan fingerprint density at radius 2 is 1.74 bits per heavy atom. The molecule has 0 aliphatic carbocycles. The van der Waals surface area contributed by atoms with Crippen LogP contribution in [-0.4, -0.2) is 22.9 Å². The summed E-state index contributed by atoms with van der Waals surface area (Å²) >= 11 is 18.4. The van der Waals surface area contributed by atoms with Crippen LogP contribution in [0.3, 0.4) is 0 Å². The molecule has 0 spiro atoms. The van der Waals surface area contributed by atoms with Gasteiger partial charge >= 0.3 is 6.03 Å². The highest BCUT2D eigenvalue weighted by Crippen LogP contribution is 2.34. The highest BCUT2D eigenvalue weighted by atomic mass is 35.5. The summed E-state index contributed by atoms with van der Waals surface area (Å²) in [5.74, 6) is 0.362. The zero-order valence-electron chi connectivity index (χ0n) is 14.4. The van der Waals surface area contributed by atoms with Crippen molar-refractivity contribution in [2.24, 2.45) is 0 Å². The van der Waals surface area contributed by atoms with Gasteiger partial charge in [-0.15, -0.1) is 5.10 Å². The molecule has 6 nitrogen and oxygen atoms in total. The second kappa shape index (κ2) is 8.19. The summed E-state index contributed by atoms with van der Waals surface area (Å²) in [6, 6.07) is 11.9. The molecule has 0 radical (unpaired) electrons. The van der Waals surface area contributed by atoms with E-state index < -0.39 is 6.03 Å². The van der Waals surface area contributed by atoms with Gasteiger partial charge in [0, 0.05) is 21.2 Å². The van der Waals surface area contributed by atoms with Gasteiger partial charge in [-0.1, -0.05) is 46.9 Å². The molecule has 2 N–H and O–H groups in total. The van der Waals surface area contributed by atoms with Crippen molar-refractivity contribution < 1.29 is 9.63 Å². The van der Waals surface area contributed by atoms with Gasteiger partial charge in [-0.3, -0.25) is 10.2 Å². The maximum atomic E-state index is 11.9. The topological polar surface area (TPSA) is 68.2 Å². The minimum absolute atomic E-state index is 0.362. The van der Waals surface area contributed by atoms with E-state index in [4.69, 9.17) is 34.8 Å². The second-order valence-electron chi connectivity index (χ2n) is 5.60. The van der Waals surface area contributed by atoms with Crippen molar-refractivity contribution >= 4 is 46.7 Å². The van der Waals surface area contributed by atoms with Crippen LogP contribution in [0.2, 0.25) is 15.1 Å². The predicted octanol–water partition coefficient (Wildman–Crippen LogP) is 5.49. The van der Waals surface area contributed by atoms with E-state index in [-0.39, 0.29) is 0 Å². The number of urea groups is 1. The third-order valence-corrected chi connectivity index (χ3v) is 4.59. The number of carbonyl (C=O) groups is 1. The number of hydrogen-bond donors (Lipinski definition) is 2. The number of aromatic nitrogens is 2. The first-order chi connectivity index (χ1) is 12.9. The van der Waals surface area contributed by atoms with Crippen LogP contribution >= 0.6 is 34.8 Å². The Balaban J connectivity index is 2.17. The van der Waals surface area contributed by atoms with Gasteiger partial charge < -0.3 is 0 Å². The molecule has 0 bridgehead atoms. The Morgan fingerprint density at radius 3 is 2.37 bits per heavy atom. The molecule has 0 saturated carbocycles. The maximum absolute atomic E-state index is 11.9. The molecule has 0 unspecified atom stereocenters. The lowest BCUT2D eigenvalue weighted by Gasteiger charge is -2.10. The molecule has 0 aliphatic rings. The Labute approximate surface area is 170 Å². The number of anilines is 1. The van der Waals surface area contributed by atoms with E-state index in [0.29, 0.717) is 26.6 Å². The third kappa shape index (κ3) is 4.20. The highest BCUT2D eigenvalue weighted by Gasteiger charge is 2.20. The van der Waals surface area contributed by atoms with E-state index in [0.717, 1.165) is 16.8 Å². The van der Waals surface area contributed by atoms with Gasteiger partial charge in [0.1, 0.15) is 0 Å². The van der Waals surface area contributed by atoms with Gasteiger partial charge in [0.2, 0.25) is 0 Å². The molecule has 0 aliphatic heterocycles. The molecule has 27 heavy (non-hydrogen) atoms. The third-order valence-electron chi connectivity index (χ3n) is 3.80. The van der Waals surface area contributed by atoms with Crippen LogP contribution < -0.4 is 10.8 Å². The molecule has 0 saturated heterocycles. The van der Waals surface area contributed by atoms with Crippen LogP contribution in [-0.2, 0) is 4.84 Å². The lowest BCUT2D eigenvalue weighted by Crippen LogP contribution is -2.28. The van der Waals surface area contributed by atoms with Gasteiger partial charge in [0.25, 0.3) is 0 Å². The number of halogens is 3. The van der Waals surface area contributed by atoms with Crippen LogP contribution in [0.15, 0.2) is 42.5 Å². The summed E-state index contributed by atoms with van der Waals surface area (Å²) in [5.41, 5.74) is 5.17. The van der Waals surface area contributed by atoms with Crippen molar-refractivity contribution in [2.45, 2.75) is 6.92 Å². The Hall–Kier alpha value is -2.25. The largest absolute Gasteiger partial charge is 0.344 e. The molecular weight excluding hydrogens is 411 g/mol. The Bertz CT molecular complexity index is 987. The van der Waals surface area contributed by atoms with Crippen molar-refractivity contribution in [3.05, 3.63) is 63.1 Å². The lowest BCUT2D eigenvalue weighted by molar-refractivity contribution is 0.114. The summed E-state index contributed by atoms with van der Waals surface area (Å²) < 4.78 is 1.65. The molecule has 140 valence electrons. The van der Waals surface area contributed by atoms with Crippen molar-refractivity contribution in [1.29, 1.82) is 0 Å². The molecule has 9 heteroatoms. The molecule has 1 heterocycles. The number of nitrogens with zero attached hydrogens (tertiary/aromatic N) is 2. The van der Waals surface area contributed by atoms with Gasteiger partial charge in [-0.25, -0.2) is 15.0 Å². The van der Waals surface area contributed by atoms with E-state index in [9.17, 15) is 4.79 Å². The fourth-order valence-corrected chi connectivity index (χ4v) is 3.23. The molecule has 0 atom stereocenters. The molecule has 3 aromatic rings. The average molecular weight is 426 g/mol. The van der Waals surface area contributed by atoms with Crippen LogP contribution in [0.4, 0.5) is 10.6 Å². The van der Waals surface area contributed by atoms with E-state index >= 15 is 0 Å². The van der Waals surface area contributed by atoms with Gasteiger partial charge in [0.05, 0.1) is 23.5 Å². The summed E-state index contributed by atoms with van der Waals surface area (Å²) in [5, 5.41) is 8.72. The average Bonchev–Trinajstić information content (AvgIpc) is 2.92. The van der Waals surface area contributed by atoms with Crippen LogP contribution in [0.5, 0.6) is 0 Å². The smallest absolute Gasteiger partial charge is 0.289 e. The summed E-state index contributed by atoms with van der Waals surface area (Å²) in [6.07, 6.45) is 0. The van der Waals surface area contributed by atoms with E-state index in [1.54, 1.807) is 35.0 Å². The Kier molecular flexibility index (Phi) is 5.92. The second-order valence-corrected chi connectivity index (χ2v) is 6.88. The highest BCUT2D eigenvalue weighted by molar-refractivity contribution is 6.35. The maximum Gasteiger partial charge on any atom is 0.344 e. The Morgan fingerprint density at radius 1 is 1.07 bits per heavy atom. The molecule has 3 rings (SSSR count). The van der Waals surface area contributed by atoms with Crippen LogP contribution in [0.1, 0.15) is 5.56 Å². The van der Waals surface area contributed by atoms with Crippen molar-refractivity contribution in [3.63, 3.8) is 0 Å². The number of benzene rings is 2. The zero-order valence-corrected chi connectivity index (χ0v) is 16.7. The van der Waals surface area contributed by atoms with Gasteiger partial charge in [-0.2, -0.15) is 0 Å². The van der Waals surface area contributed by atoms with Crippen LogP contribution in [0, 0.1) is 6.92 Å². The first-order valence-electron chi connectivity index (χ1n) is 7.81. The predicted molar refractivity (Wildman–Crippen MR) is 108 cm³/mol. The van der Waals surface area contributed by atoms with Crippen molar-refractivity contribution in [1.82, 2.24) is 15.3 Å². The van der Waals surface area contributed by atoms with E-state index in [1.165, 1.54) is 7.11 Å². The normalized spacial score (nSPS) is 10.7. The summed E-state index contributed by atoms with van der Waals surface area (Å²) in [7, 11) is 1.34. The summed E-state index contributed by atoms with van der Waals surface area (Å²) in [6.45, 7) is 1.85. The number of carbonyl (C=O) groups excluding carboxylic acids is 1. The SMILES string of the molecule is CONC(=O)Nc1nn(-c2ccc(Cl)cc2Cl)c(-c2ccc(Cl)cc2)c1C. The zero-order chi connectivity index (χ0) is 19.6. The van der Waals surface area contributed by atoms with Gasteiger partial charge in [-0.05, 0) is 37.3 Å². The molecule has 0 fully saturated rings. The first-order valence-corrected chi connectivity index (χ1v) is 8.95. The first kappa shape index (κ1) is 19.5. The fraction of sp³-hybridized carbons (Fsp3) is 0.111. The molecular formula is C18H15Cl3N4O2. The summed E-state index contributed by atoms with van der Waals surface area (Å²) in [4.78, 5) is 16.5. The van der Waals surface area contributed by atoms with E-state index in [2.05, 4.69) is 20.7 Å². The molecule has 1 aromatic heterocycles. The number of hydrogen-bond acceptors (Lipinski definition) is 3. The number of hydroxylamine groups is 1. The van der Waals surface area contributed by atoms with Crippen molar-refractivity contribution in [3.8, 4) is 16.9 Å². The minimum Gasteiger partial charge on any atom is -0.289 e. The van der Waals surface area contributed by atoms with Gasteiger partial charge in [0.15, 0.2) is 5.82 Å². The van der Waals surface area contributed by atoms with E-state index in [1.807, 2.05) is 19.1 Å². The van der Waals surface area contributed by atoms with Crippen LogP contribution in [0.25, 0.3) is 16.9 Å². The lowest BCUT2D eigenvalue weighted by atomic mass is 10.1. The monoisotopic (exact) mass is 424 g/mol. The molecule has 2 amide bonds. The fourth-order valence-electron chi connectivity index (χ4n) is 2.61. The quantitative estimate of drug-likeness (QED) is 0.543. The van der Waals surface area contributed by atoms with Crippen molar-refractivity contribution in [2.75, 3.05) is 12.4 Å². The molecule has 2 aromatic carbocycles.